The average Bonchev–Trinajstić information content (AvgIpc) is 2.58. The van der Waals surface area contributed by atoms with Gasteiger partial charge in [-0.25, -0.2) is 9.97 Å². The summed E-state index contributed by atoms with van der Waals surface area (Å²) in [5.74, 6) is 0.399. The highest BCUT2D eigenvalue weighted by Crippen LogP contribution is 2.29. The van der Waals surface area contributed by atoms with Gasteiger partial charge in [0.2, 0.25) is 0 Å². The van der Waals surface area contributed by atoms with Gasteiger partial charge in [-0.15, -0.1) is 0 Å². The maximum absolute atomic E-state index is 9.13. The molecule has 112 valence electrons. The summed E-state index contributed by atoms with van der Waals surface area (Å²) in [6.07, 6.45) is 1.32. The van der Waals surface area contributed by atoms with Gasteiger partial charge in [-0.1, -0.05) is 41.6 Å². The summed E-state index contributed by atoms with van der Waals surface area (Å²) in [5, 5.41) is 12.4. The van der Waals surface area contributed by atoms with Crippen LogP contribution in [0.4, 0.5) is 11.5 Å². The molecule has 1 aromatic heterocycles. The Morgan fingerprint density at radius 2 is 1.65 bits per heavy atom. The van der Waals surface area contributed by atoms with Crippen molar-refractivity contribution in [3.05, 3.63) is 71.6 Å². The first kappa shape index (κ1) is 15.3. The lowest BCUT2D eigenvalue weighted by molar-refractivity contribution is 1.15. The molecule has 3 rings (SSSR count). The Bertz CT molecular complexity index is 845. The van der Waals surface area contributed by atoms with Crippen molar-refractivity contribution in [1.82, 2.24) is 9.97 Å². The number of benzene rings is 2. The van der Waals surface area contributed by atoms with Crippen LogP contribution >= 0.6 is 23.4 Å². The topological polar surface area (TPSA) is 61.6 Å². The number of hydrogen-bond acceptors (Lipinski definition) is 5. The van der Waals surface area contributed by atoms with E-state index in [-0.39, 0.29) is 10.7 Å². The number of anilines is 2. The Morgan fingerprint density at radius 3 is 2.35 bits per heavy atom. The van der Waals surface area contributed by atoms with E-state index in [0.29, 0.717) is 5.82 Å². The zero-order chi connectivity index (χ0) is 16.1. The Hall–Kier alpha value is -2.55. The zero-order valence-corrected chi connectivity index (χ0v) is 13.5. The minimum absolute atomic E-state index is 0.140. The van der Waals surface area contributed by atoms with E-state index < -0.39 is 0 Å². The second-order valence-corrected chi connectivity index (χ2v) is 6.07. The first-order valence-electron chi connectivity index (χ1n) is 6.77. The number of nitrogens with one attached hydrogen (secondary N) is 1. The van der Waals surface area contributed by atoms with Crippen molar-refractivity contribution in [2.45, 2.75) is 9.79 Å². The zero-order valence-electron chi connectivity index (χ0n) is 11.9. The number of nitriles is 1. The van der Waals surface area contributed by atoms with Gasteiger partial charge >= 0.3 is 0 Å². The maximum Gasteiger partial charge on any atom is 0.153 e. The van der Waals surface area contributed by atoms with Gasteiger partial charge in [-0.05, 0) is 36.4 Å². The van der Waals surface area contributed by atoms with Gasteiger partial charge in [-0.3, -0.25) is 0 Å². The molecule has 0 radical (unpaired) electrons. The Balaban J connectivity index is 1.76. The third-order valence-corrected chi connectivity index (χ3v) is 4.31. The van der Waals surface area contributed by atoms with Gasteiger partial charge in [0, 0.05) is 15.5 Å². The van der Waals surface area contributed by atoms with Crippen molar-refractivity contribution in [3.63, 3.8) is 0 Å². The van der Waals surface area contributed by atoms with Crippen molar-refractivity contribution < 1.29 is 0 Å². The van der Waals surface area contributed by atoms with Gasteiger partial charge in [0.15, 0.2) is 11.0 Å². The monoisotopic (exact) mass is 338 g/mol. The van der Waals surface area contributed by atoms with Gasteiger partial charge in [-0.2, -0.15) is 5.26 Å². The van der Waals surface area contributed by atoms with Crippen LogP contribution in [0.15, 0.2) is 70.7 Å². The molecule has 0 unspecified atom stereocenters. The van der Waals surface area contributed by atoms with Crippen LogP contribution in [0.5, 0.6) is 0 Å². The highest BCUT2D eigenvalue weighted by atomic mass is 35.5. The lowest BCUT2D eigenvalue weighted by Gasteiger charge is -2.08. The molecule has 0 saturated carbocycles. The summed E-state index contributed by atoms with van der Waals surface area (Å²) in [6.45, 7) is 0. The van der Waals surface area contributed by atoms with Crippen LogP contribution in [0.3, 0.4) is 0 Å². The van der Waals surface area contributed by atoms with E-state index in [9.17, 15) is 0 Å². The van der Waals surface area contributed by atoms with Gasteiger partial charge in [0.25, 0.3) is 0 Å². The molecule has 0 spiro atoms. The second kappa shape index (κ2) is 7.14. The van der Waals surface area contributed by atoms with E-state index in [1.165, 1.54) is 11.2 Å². The standard InChI is InChI=1S/C17H11ClN4S/c18-16-15(10-19)17(21-11-20-16)22-12-6-8-14(9-7-12)23-13-4-2-1-3-5-13/h1-9,11H,(H,20,21,22). The first-order chi connectivity index (χ1) is 11.3. The van der Waals surface area contributed by atoms with Crippen LogP contribution in [0.25, 0.3) is 0 Å². The van der Waals surface area contributed by atoms with E-state index >= 15 is 0 Å². The quantitative estimate of drug-likeness (QED) is 0.686. The largest absolute Gasteiger partial charge is 0.339 e. The molecule has 0 amide bonds. The summed E-state index contributed by atoms with van der Waals surface area (Å²) < 4.78 is 0. The Labute approximate surface area is 143 Å². The SMILES string of the molecule is N#Cc1c(Cl)ncnc1Nc1ccc(Sc2ccccc2)cc1. The van der Waals surface area contributed by atoms with E-state index in [1.807, 2.05) is 48.5 Å². The normalized spacial score (nSPS) is 10.1. The van der Waals surface area contributed by atoms with Crippen LogP contribution in [0.1, 0.15) is 5.56 Å². The Morgan fingerprint density at radius 1 is 0.957 bits per heavy atom. The summed E-state index contributed by atoms with van der Waals surface area (Å²) in [7, 11) is 0. The molecule has 23 heavy (non-hydrogen) atoms. The van der Waals surface area contributed by atoms with E-state index in [0.717, 1.165) is 10.6 Å². The second-order valence-electron chi connectivity index (χ2n) is 4.56. The minimum atomic E-state index is 0.140. The minimum Gasteiger partial charge on any atom is -0.339 e. The summed E-state index contributed by atoms with van der Waals surface area (Å²) in [6, 6.07) is 20.1. The molecule has 0 bridgehead atoms. The van der Waals surface area contributed by atoms with Gasteiger partial charge < -0.3 is 5.32 Å². The van der Waals surface area contributed by atoms with Gasteiger partial charge in [0.05, 0.1) is 0 Å². The molecule has 4 nitrogen and oxygen atoms in total. The summed E-state index contributed by atoms with van der Waals surface area (Å²) in [4.78, 5) is 10.2. The Kier molecular flexibility index (Phi) is 4.77. The number of hydrogen-bond donors (Lipinski definition) is 1. The van der Waals surface area contributed by atoms with Crippen LogP contribution < -0.4 is 5.32 Å². The number of rotatable bonds is 4. The van der Waals surface area contributed by atoms with Crippen LogP contribution in [-0.2, 0) is 0 Å². The highest BCUT2D eigenvalue weighted by molar-refractivity contribution is 7.99. The summed E-state index contributed by atoms with van der Waals surface area (Å²) in [5.41, 5.74) is 1.06. The first-order valence-corrected chi connectivity index (χ1v) is 7.96. The molecule has 0 aliphatic rings. The molecule has 6 heteroatoms. The van der Waals surface area contributed by atoms with Crippen LogP contribution in [0, 0.1) is 11.3 Å². The highest BCUT2D eigenvalue weighted by Gasteiger charge is 2.09. The maximum atomic E-state index is 9.13. The third kappa shape index (κ3) is 3.81. The lowest BCUT2D eigenvalue weighted by atomic mass is 10.3. The number of aromatic nitrogens is 2. The average molecular weight is 339 g/mol. The molecule has 0 aliphatic heterocycles. The molecular weight excluding hydrogens is 328 g/mol. The van der Waals surface area contributed by atoms with E-state index in [4.69, 9.17) is 16.9 Å². The molecule has 1 N–H and O–H groups in total. The number of halogens is 1. The van der Waals surface area contributed by atoms with E-state index in [1.54, 1.807) is 11.8 Å². The smallest absolute Gasteiger partial charge is 0.153 e. The van der Waals surface area contributed by atoms with Crippen LogP contribution in [-0.4, -0.2) is 9.97 Å². The van der Waals surface area contributed by atoms with Crippen molar-refractivity contribution in [2.24, 2.45) is 0 Å². The van der Waals surface area contributed by atoms with Crippen molar-refractivity contribution in [2.75, 3.05) is 5.32 Å². The molecular formula is C17H11ClN4S. The van der Waals surface area contributed by atoms with Crippen molar-refractivity contribution >= 4 is 34.9 Å². The molecule has 1 heterocycles. The molecule has 3 aromatic rings. The molecule has 2 aromatic carbocycles. The molecule has 0 aliphatic carbocycles. The predicted molar refractivity (Wildman–Crippen MR) is 92.0 cm³/mol. The van der Waals surface area contributed by atoms with Gasteiger partial charge in [0.1, 0.15) is 18.0 Å². The fourth-order valence-electron chi connectivity index (χ4n) is 1.93. The predicted octanol–water partition coefficient (Wildman–Crippen LogP) is 4.90. The van der Waals surface area contributed by atoms with E-state index in [2.05, 4.69) is 27.4 Å². The van der Waals surface area contributed by atoms with Crippen molar-refractivity contribution in [1.29, 1.82) is 5.26 Å². The lowest BCUT2D eigenvalue weighted by Crippen LogP contribution is -1.98. The molecule has 0 atom stereocenters. The van der Waals surface area contributed by atoms with Crippen LogP contribution in [0.2, 0.25) is 5.15 Å². The number of nitrogens with zero attached hydrogens (tertiary/aromatic N) is 3. The fourth-order valence-corrected chi connectivity index (χ4v) is 2.94. The summed E-state index contributed by atoms with van der Waals surface area (Å²) >= 11 is 7.58. The molecule has 0 saturated heterocycles. The third-order valence-electron chi connectivity index (χ3n) is 3.01. The molecule has 0 fully saturated rings. The fraction of sp³-hybridized carbons (Fsp3) is 0. The van der Waals surface area contributed by atoms with Crippen molar-refractivity contribution in [3.8, 4) is 6.07 Å².